The summed E-state index contributed by atoms with van der Waals surface area (Å²) in [6, 6.07) is 21.4. The highest BCUT2D eigenvalue weighted by molar-refractivity contribution is 7.54. The molecule has 1 atom stereocenters. The van der Waals surface area contributed by atoms with E-state index in [1.165, 1.54) is 9.80 Å². The van der Waals surface area contributed by atoms with Gasteiger partial charge in [-0.1, -0.05) is 60.7 Å². The van der Waals surface area contributed by atoms with Crippen LogP contribution in [-0.2, 0) is 23.1 Å². The van der Waals surface area contributed by atoms with E-state index >= 15 is 0 Å². The number of ether oxygens (including phenoxy) is 1. The maximum atomic E-state index is 13.9. The van der Waals surface area contributed by atoms with Crippen LogP contribution in [0.2, 0.25) is 0 Å². The fourth-order valence-electron chi connectivity index (χ4n) is 4.92. The average molecular weight is 623 g/mol. The number of carbonyl (C=O) groups excluding carboxylic acids is 3. The predicted octanol–water partition coefficient (Wildman–Crippen LogP) is 5.08. The Morgan fingerprint density at radius 3 is 1.93 bits per heavy atom. The number of nitrogens with one attached hydrogen (secondary N) is 1. The standard InChI is InChI=1S/C32H39N4O7P/c1-4-41-32(39)36-19-17-35(18-20-36)31(38)29(23-44(40,42-5-2)43-6-3)34-30(37)28-22-26(24-13-9-7-10-14-24)21-27(33-28)25-15-11-8-12-16-25/h7-16,21-22,29H,4-6,17-20,23H2,1-3H3,(H,34,37). The van der Waals surface area contributed by atoms with Crippen molar-refractivity contribution >= 4 is 25.5 Å². The van der Waals surface area contributed by atoms with Crippen LogP contribution in [0.15, 0.2) is 72.8 Å². The highest BCUT2D eigenvalue weighted by Crippen LogP contribution is 2.48. The summed E-state index contributed by atoms with van der Waals surface area (Å²) in [6.07, 6.45) is -0.804. The Balaban J connectivity index is 1.64. The summed E-state index contributed by atoms with van der Waals surface area (Å²) in [4.78, 5) is 47.6. The SMILES string of the molecule is CCOC(=O)N1CCN(C(=O)C(CP(=O)(OCC)OCC)NC(=O)c2cc(-c3ccccc3)cc(-c3ccccc3)n2)CC1. The predicted molar refractivity (Wildman–Crippen MR) is 167 cm³/mol. The first-order valence-electron chi connectivity index (χ1n) is 14.8. The molecule has 44 heavy (non-hydrogen) atoms. The lowest BCUT2D eigenvalue weighted by Gasteiger charge is -2.36. The maximum absolute atomic E-state index is 13.9. The number of carbonyl (C=O) groups is 3. The number of benzene rings is 2. The molecule has 11 nitrogen and oxygen atoms in total. The largest absolute Gasteiger partial charge is 0.450 e. The minimum absolute atomic E-state index is 0.0952. The fourth-order valence-corrected chi connectivity index (χ4v) is 6.69. The highest BCUT2D eigenvalue weighted by Gasteiger charge is 2.37. The minimum atomic E-state index is -3.75. The lowest BCUT2D eigenvalue weighted by atomic mass is 10.0. The molecule has 1 aromatic heterocycles. The minimum Gasteiger partial charge on any atom is -0.450 e. The molecule has 0 bridgehead atoms. The van der Waals surface area contributed by atoms with Crippen LogP contribution in [0.5, 0.6) is 0 Å². The third kappa shape index (κ3) is 8.53. The van der Waals surface area contributed by atoms with Gasteiger partial charge < -0.3 is 28.9 Å². The van der Waals surface area contributed by atoms with Crippen LogP contribution in [0.4, 0.5) is 4.79 Å². The first-order valence-corrected chi connectivity index (χ1v) is 16.5. The molecule has 0 aliphatic carbocycles. The second-order valence-corrected chi connectivity index (χ2v) is 12.1. The van der Waals surface area contributed by atoms with Crippen molar-refractivity contribution in [2.45, 2.75) is 26.8 Å². The van der Waals surface area contributed by atoms with Crippen molar-refractivity contribution in [1.82, 2.24) is 20.1 Å². The summed E-state index contributed by atoms with van der Waals surface area (Å²) >= 11 is 0. The zero-order valence-electron chi connectivity index (χ0n) is 25.3. The smallest absolute Gasteiger partial charge is 0.409 e. The molecular weight excluding hydrogens is 583 g/mol. The van der Waals surface area contributed by atoms with Gasteiger partial charge in [-0.25, -0.2) is 9.78 Å². The Morgan fingerprint density at radius 2 is 1.36 bits per heavy atom. The van der Waals surface area contributed by atoms with E-state index in [-0.39, 0.29) is 57.9 Å². The molecule has 0 radical (unpaired) electrons. The molecule has 234 valence electrons. The second kappa shape index (κ2) is 15.6. The van der Waals surface area contributed by atoms with Crippen molar-refractivity contribution in [3.63, 3.8) is 0 Å². The number of amides is 3. The topological polar surface area (TPSA) is 127 Å². The molecule has 2 aromatic carbocycles. The zero-order chi connectivity index (χ0) is 31.5. The summed E-state index contributed by atoms with van der Waals surface area (Å²) in [5.74, 6) is -1.06. The van der Waals surface area contributed by atoms with E-state index in [0.717, 1.165) is 16.7 Å². The van der Waals surface area contributed by atoms with E-state index in [1.807, 2.05) is 66.7 Å². The fraction of sp³-hybridized carbons (Fsp3) is 0.375. The molecule has 3 amide bonds. The molecule has 0 spiro atoms. The summed E-state index contributed by atoms with van der Waals surface area (Å²) in [6.45, 7) is 6.52. The molecule has 0 saturated carbocycles. The van der Waals surface area contributed by atoms with Gasteiger partial charge in [0, 0.05) is 31.7 Å². The molecule has 1 N–H and O–H groups in total. The number of aromatic nitrogens is 1. The Bertz CT molecular complexity index is 1400. The van der Waals surface area contributed by atoms with Gasteiger partial charge >= 0.3 is 13.7 Å². The Kier molecular flexibility index (Phi) is 11.7. The molecule has 3 aromatic rings. The van der Waals surface area contributed by atoms with Gasteiger partial charge in [0.15, 0.2) is 0 Å². The van der Waals surface area contributed by atoms with E-state index in [9.17, 15) is 18.9 Å². The highest BCUT2D eigenvalue weighted by atomic mass is 31.2. The van der Waals surface area contributed by atoms with Crippen molar-refractivity contribution in [2.24, 2.45) is 0 Å². The molecule has 1 aliphatic heterocycles. The molecule has 1 unspecified atom stereocenters. The third-order valence-electron chi connectivity index (χ3n) is 7.01. The van der Waals surface area contributed by atoms with Crippen LogP contribution in [0.1, 0.15) is 31.3 Å². The number of piperazine rings is 1. The summed E-state index contributed by atoms with van der Waals surface area (Å²) in [7, 11) is -3.75. The van der Waals surface area contributed by atoms with Crippen LogP contribution < -0.4 is 5.32 Å². The first kappa shape index (κ1) is 32.9. The Morgan fingerprint density at radius 1 is 0.795 bits per heavy atom. The van der Waals surface area contributed by atoms with Crippen molar-refractivity contribution in [3.05, 3.63) is 78.5 Å². The number of pyridine rings is 1. The normalized spacial score (nSPS) is 14.2. The number of hydrogen-bond donors (Lipinski definition) is 1. The van der Waals surface area contributed by atoms with Gasteiger partial charge in [-0.15, -0.1) is 0 Å². The Labute approximate surface area is 258 Å². The van der Waals surface area contributed by atoms with E-state index in [1.54, 1.807) is 26.8 Å². The van der Waals surface area contributed by atoms with Crippen molar-refractivity contribution in [3.8, 4) is 22.4 Å². The van der Waals surface area contributed by atoms with Gasteiger partial charge in [0.05, 0.1) is 31.7 Å². The van der Waals surface area contributed by atoms with E-state index in [2.05, 4.69) is 10.3 Å². The maximum Gasteiger partial charge on any atom is 0.409 e. The summed E-state index contributed by atoms with van der Waals surface area (Å²) < 4.78 is 29.6. The monoisotopic (exact) mass is 622 g/mol. The molecule has 2 heterocycles. The van der Waals surface area contributed by atoms with Crippen LogP contribution in [0, 0.1) is 0 Å². The van der Waals surface area contributed by atoms with Crippen LogP contribution in [0.3, 0.4) is 0 Å². The zero-order valence-corrected chi connectivity index (χ0v) is 26.2. The number of nitrogens with zero attached hydrogens (tertiary/aromatic N) is 3. The number of hydrogen-bond acceptors (Lipinski definition) is 8. The van der Waals surface area contributed by atoms with Crippen LogP contribution in [0.25, 0.3) is 22.4 Å². The van der Waals surface area contributed by atoms with Crippen molar-refractivity contribution in [1.29, 1.82) is 0 Å². The molecular formula is C32H39N4O7P. The van der Waals surface area contributed by atoms with Gasteiger partial charge in [-0.05, 0) is 44.0 Å². The van der Waals surface area contributed by atoms with Gasteiger partial charge in [0.25, 0.3) is 5.91 Å². The molecule has 1 fully saturated rings. The van der Waals surface area contributed by atoms with E-state index in [0.29, 0.717) is 5.69 Å². The van der Waals surface area contributed by atoms with Crippen LogP contribution >= 0.6 is 7.60 Å². The lowest BCUT2D eigenvalue weighted by Crippen LogP contribution is -2.57. The summed E-state index contributed by atoms with van der Waals surface area (Å²) in [5, 5.41) is 2.78. The van der Waals surface area contributed by atoms with Gasteiger partial charge in [0.2, 0.25) is 5.91 Å². The summed E-state index contributed by atoms with van der Waals surface area (Å²) in [5.41, 5.74) is 3.17. The average Bonchev–Trinajstić information content (AvgIpc) is 3.05. The van der Waals surface area contributed by atoms with Gasteiger partial charge in [-0.3, -0.25) is 14.2 Å². The van der Waals surface area contributed by atoms with E-state index < -0.39 is 31.5 Å². The Hall–Kier alpha value is -4.05. The second-order valence-electron chi connectivity index (χ2n) is 10.0. The third-order valence-corrected chi connectivity index (χ3v) is 9.13. The molecule has 4 rings (SSSR count). The molecule has 12 heteroatoms. The number of rotatable bonds is 12. The van der Waals surface area contributed by atoms with E-state index in [4.69, 9.17) is 13.8 Å². The molecule has 1 saturated heterocycles. The van der Waals surface area contributed by atoms with Crippen molar-refractivity contribution < 1.29 is 32.7 Å². The van der Waals surface area contributed by atoms with Gasteiger partial charge in [0.1, 0.15) is 11.7 Å². The van der Waals surface area contributed by atoms with Gasteiger partial charge in [-0.2, -0.15) is 0 Å². The first-order chi connectivity index (χ1) is 21.3. The van der Waals surface area contributed by atoms with Crippen molar-refractivity contribution in [2.75, 3.05) is 52.2 Å². The quantitative estimate of drug-likeness (QED) is 0.277. The lowest BCUT2D eigenvalue weighted by molar-refractivity contribution is -0.134. The molecule has 1 aliphatic rings. The van der Waals surface area contributed by atoms with Crippen LogP contribution in [-0.4, -0.2) is 90.9 Å².